The largest absolute Gasteiger partial charge is 0.377 e. The van der Waals surface area contributed by atoms with Crippen LogP contribution < -0.4 is 5.73 Å². The Kier molecular flexibility index (Phi) is 5.73. The zero-order chi connectivity index (χ0) is 13.5. The average Bonchev–Trinajstić information content (AvgIpc) is 2.76. The fourth-order valence-electron chi connectivity index (χ4n) is 1.32. The topological polar surface area (TPSA) is 86.3 Å². The molecule has 0 saturated carbocycles. The lowest BCUT2D eigenvalue weighted by Crippen LogP contribution is -2.33. The third kappa shape index (κ3) is 4.80. The van der Waals surface area contributed by atoms with Crippen molar-refractivity contribution in [2.75, 3.05) is 20.2 Å². The number of nitrogens with two attached hydrogens (primary N) is 1. The molecular formula is C11H21N5O2. The second kappa shape index (κ2) is 7.07. The summed E-state index contributed by atoms with van der Waals surface area (Å²) in [5, 5.41) is 7.65. The summed E-state index contributed by atoms with van der Waals surface area (Å²) in [5.74, 6) is -0.0316. The highest BCUT2D eigenvalue weighted by Crippen LogP contribution is 1.95. The first kappa shape index (κ1) is 14.6. The molecule has 0 bridgehead atoms. The molecule has 2 N–H and O–H groups in total. The molecule has 1 aromatic rings. The molecule has 0 aliphatic carbocycles. The molecule has 1 amide bonds. The Morgan fingerprint density at radius 1 is 1.61 bits per heavy atom. The highest BCUT2D eigenvalue weighted by molar-refractivity contribution is 5.75. The molecule has 1 aromatic heterocycles. The molecule has 0 aromatic carbocycles. The number of aromatic nitrogens is 3. The van der Waals surface area contributed by atoms with E-state index in [1.54, 1.807) is 18.1 Å². The number of hydrogen-bond donors (Lipinski definition) is 1. The van der Waals surface area contributed by atoms with Crippen LogP contribution >= 0.6 is 0 Å². The Morgan fingerprint density at radius 3 is 2.89 bits per heavy atom. The van der Waals surface area contributed by atoms with E-state index in [0.717, 1.165) is 0 Å². The molecule has 0 saturated heterocycles. The first-order chi connectivity index (χ1) is 8.52. The van der Waals surface area contributed by atoms with Gasteiger partial charge in [0.2, 0.25) is 5.91 Å². The van der Waals surface area contributed by atoms with Gasteiger partial charge in [-0.3, -0.25) is 4.79 Å². The van der Waals surface area contributed by atoms with Gasteiger partial charge < -0.3 is 15.4 Å². The Hall–Kier alpha value is -1.47. The van der Waals surface area contributed by atoms with Crippen molar-refractivity contribution in [1.29, 1.82) is 0 Å². The number of carbonyl (C=O) groups is 1. The lowest BCUT2D eigenvalue weighted by Gasteiger charge is -2.17. The fourth-order valence-corrected chi connectivity index (χ4v) is 1.32. The number of amides is 1. The third-order valence-corrected chi connectivity index (χ3v) is 2.40. The number of carbonyl (C=O) groups excluding carboxylic acids is 1. The van der Waals surface area contributed by atoms with Crippen LogP contribution in [0.25, 0.3) is 0 Å². The quantitative estimate of drug-likeness (QED) is 0.717. The minimum Gasteiger partial charge on any atom is -0.377 e. The number of nitrogens with zero attached hydrogens (tertiary/aromatic N) is 4. The van der Waals surface area contributed by atoms with E-state index in [9.17, 15) is 4.79 Å². The molecule has 1 heterocycles. The molecule has 0 spiro atoms. The van der Waals surface area contributed by atoms with Crippen LogP contribution in [0.4, 0.5) is 0 Å². The Morgan fingerprint density at radius 2 is 2.33 bits per heavy atom. The summed E-state index contributed by atoms with van der Waals surface area (Å²) in [5.41, 5.74) is 6.09. The highest BCUT2D eigenvalue weighted by atomic mass is 16.5. The van der Waals surface area contributed by atoms with Crippen LogP contribution in [-0.2, 0) is 22.6 Å². The van der Waals surface area contributed by atoms with Gasteiger partial charge in [0, 0.05) is 20.1 Å². The maximum Gasteiger partial charge on any atom is 0.244 e. The van der Waals surface area contributed by atoms with E-state index in [1.165, 1.54) is 4.68 Å². The predicted molar refractivity (Wildman–Crippen MR) is 66.6 cm³/mol. The van der Waals surface area contributed by atoms with Gasteiger partial charge in [0.05, 0.1) is 24.6 Å². The number of ether oxygens (including phenoxy) is 1. The summed E-state index contributed by atoms with van der Waals surface area (Å²) in [6.45, 7) is 5.52. The van der Waals surface area contributed by atoms with Crippen molar-refractivity contribution in [3.8, 4) is 0 Å². The highest BCUT2D eigenvalue weighted by Gasteiger charge is 2.10. The van der Waals surface area contributed by atoms with E-state index in [-0.39, 0.29) is 18.6 Å². The molecule has 0 atom stereocenters. The third-order valence-electron chi connectivity index (χ3n) is 2.40. The summed E-state index contributed by atoms with van der Waals surface area (Å²) in [4.78, 5) is 13.5. The van der Waals surface area contributed by atoms with Gasteiger partial charge >= 0.3 is 0 Å². The normalized spacial score (nSPS) is 10.9. The molecule has 0 aliphatic rings. The van der Waals surface area contributed by atoms with Crippen molar-refractivity contribution < 1.29 is 9.53 Å². The zero-order valence-corrected chi connectivity index (χ0v) is 11.2. The molecule has 0 fully saturated rings. The lowest BCUT2D eigenvalue weighted by molar-refractivity contribution is -0.131. The van der Waals surface area contributed by atoms with E-state index in [1.807, 2.05) is 13.8 Å². The van der Waals surface area contributed by atoms with Crippen molar-refractivity contribution in [1.82, 2.24) is 19.9 Å². The van der Waals surface area contributed by atoms with Crippen LogP contribution in [0.5, 0.6) is 0 Å². The predicted octanol–water partition coefficient (Wildman–Crippen LogP) is -0.380. The van der Waals surface area contributed by atoms with E-state index < -0.39 is 0 Å². The van der Waals surface area contributed by atoms with Crippen LogP contribution in [0.15, 0.2) is 6.20 Å². The van der Waals surface area contributed by atoms with Crippen molar-refractivity contribution in [3.63, 3.8) is 0 Å². The minimum atomic E-state index is -0.0316. The Balaban J connectivity index is 2.35. The van der Waals surface area contributed by atoms with Crippen molar-refractivity contribution in [3.05, 3.63) is 11.9 Å². The molecule has 1 rings (SSSR count). The zero-order valence-electron chi connectivity index (χ0n) is 11.2. The molecular weight excluding hydrogens is 234 g/mol. The van der Waals surface area contributed by atoms with Crippen LogP contribution in [0.3, 0.4) is 0 Å². The molecule has 18 heavy (non-hydrogen) atoms. The van der Waals surface area contributed by atoms with Crippen molar-refractivity contribution >= 4 is 5.91 Å². The van der Waals surface area contributed by atoms with Gasteiger partial charge in [0.25, 0.3) is 0 Å². The molecule has 0 unspecified atom stereocenters. The first-order valence-electron chi connectivity index (χ1n) is 5.97. The standard InChI is InChI=1S/C11H21N5O2/c1-9(2)18-5-4-15(3)11(17)8-16-7-10(6-12)13-14-16/h7,9H,4-6,8,12H2,1-3H3. The maximum absolute atomic E-state index is 11.8. The molecule has 0 radical (unpaired) electrons. The SMILES string of the molecule is CC(C)OCCN(C)C(=O)Cn1cc(CN)nn1. The minimum absolute atomic E-state index is 0.0316. The van der Waals surface area contributed by atoms with E-state index >= 15 is 0 Å². The summed E-state index contributed by atoms with van der Waals surface area (Å²) in [7, 11) is 1.74. The van der Waals surface area contributed by atoms with E-state index in [0.29, 0.717) is 25.4 Å². The summed E-state index contributed by atoms with van der Waals surface area (Å²) in [6, 6.07) is 0. The van der Waals surface area contributed by atoms with Gasteiger partial charge in [0.15, 0.2) is 0 Å². The van der Waals surface area contributed by atoms with E-state index in [4.69, 9.17) is 10.5 Å². The Labute approximate surface area is 107 Å². The maximum atomic E-state index is 11.8. The van der Waals surface area contributed by atoms with Crippen LogP contribution in [0, 0.1) is 0 Å². The monoisotopic (exact) mass is 255 g/mol. The fraction of sp³-hybridized carbons (Fsp3) is 0.727. The summed E-state index contributed by atoms with van der Waals surface area (Å²) >= 11 is 0. The molecule has 102 valence electrons. The van der Waals surface area contributed by atoms with Crippen molar-refractivity contribution in [2.45, 2.75) is 33.0 Å². The molecule has 7 heteroatoms. The number of likely N-dealkylation sites (N-methyl/N-ethyl adjacent to an activating group) is 1. The smallest absolute Gasteiger partial charge is 0.244 e. The lowest BCUT2D eigenvalue weighted by atomic mass is 10.4. The van der Waals surface area contributed by atoms with Crippen LogP contribution in [0.1, 0.15) is 19.5 Å². The van der Waals surface area contributed by atoms with Crippen molar-refractivity contribution in [2.24, 2.45) is 5.73 Å². The number of hydrogen-bond acceptors (Lipinski definition) is 5. The first-order valence-corrected chi connectivity index (χ1v) is 5.97. The van der Waals surface area contributed by atoms with Gasteiger partial charge in [-0.25, -0.2) is 4.68 Å². The van der Waals surface area contributed by atoms with Gasteiger partial charge in [-0.15, -0.1) is 5.10 Å². The van der Waals surface area contributed by atoms with Crippen LogP contribution in [0.2, 0.25) is 0 Å². The average molecular weight is 255 g/mol. The summed E-state index contributed by atoms with van der Waals surface area (Å²) in [6.07, 6.45) is 1.85. The number of rotatable bonds is 7. The van der Waals surface area contributed by atoms with E-state index in [2.05, 4.69) is 10.3 Å². The van der Waals surface area contributed by atoms with Gasteiger partial charge in [-0.05, 0) is 13.8 Å². The second-order valence-corrected chi connectivity index (χ2v) is 4.35. The van der Waals surface area contributed by atoms with Gasteiger partial charge in [-0.1, -0.05) is 5.21 Å². The summed E-state index contributed by atoms with van der Waals surface area (Å²) < 4.78 is 6.88. The van der Waals surface area contributed by atoms with Crippen LogP contribution in [-0.4, -0.2) is 52.1 Å². The molecule has 7 nitrogen and oxygen atoms in total. The second-order valence-electron chi connectivity index (χ2n) is 4.35. The van der Waals surface area contributed by atoms with Gasteiger partial charge in [0.1, 0.15) is 6.54 Å². The Bertz CT molecular complexity index is 377. The van der Waals surface area contributed by atoms with Gasteiger partial charge in [-0.2, -0.15) is 0 Å². The molecule has 0 aliphatic heterocycles.